The zero-order chi connectivity index (χ0) is 17.9. The van der Waals surface area contributed by atoms with Gasteiger partial charge in [0.05, 0.1) is 0 Å². The van der Waals surface area contributed by atoms with Crippen LogP contribution in [0.1, 0.15) is 35.2 Å². The fourth-order valence-electron chi connectivity index (χ4n) is 3.31. The molecule has 5 nitrogen and oxygen atoms in total. The Bertz CT molecular complexity index is 926. The van der Waals surface area contributed by atoms with E-state index in [1.54, 1.807) is 0 Å². The summed E-state index contributed by atoms with van der Waals surface area (Å²) in [6.07, 6.45) is 3.36. The summed E-state index contributed by atoms with van der Waals surface area (Å²) in [5, 5.41) is 4.09. The molecule has 3 aromatic rings. The van der Waals surface area contributed by atoms with Gasteiger partial charge in [-0.05, 0) is 50.5 Å². The molecular weight excluding hydrogens is 326 g/mol. The van der Waals surface area contributed by atoms with E-state index in [1.165, 1.54) is 6.42 Å². The predicted molar refractivity (Wildman–Crippen MR) is 99.7 cm³/mol. The fourth-order valence-corrected chi connectivity index (χ4v) is 3.31. The molecule has 0 radical (unpaired) electrons. The highest BCUT2D eigenvalue weighted by Crippen LogP contribution is 2.24. The number of aromatic nitrogens is 2. The third kappa shape index (κ3) is 3.38. The maximum absolute atomic E-state index is 12.7. The zero-order valence-electron chi connectivity index (χ0n) is 14.8. The smallest absolute Gasteiger partial charge is 0.258 e. The molecule has 0 aliphatic carbocycles. The number of hydrogen-bond acceptors (Lipinski definition) is 4. The van der Waals surface area contributed by atoms with Crippen molar-refractivity contribution < 1.29 is 9.32 Å². The lowest BCUT2D eigenvalue weighted by atomic mass is 10.1. The van der Waals surface area contributed by atoms with Gasteiger partial charge in [-0.1, -0.05) is 35.0 Å². The van der Waals surface area contributed by atoms with Crippen LogP contribution >= 0.6 is 0 Å². The summed E-state index contributed by atoms with van der Waals surface area (Å²) < 4.78 is 5.42. The van der Waals surface area contributed by atoms with E-state index in [2.05, 4.69) is 10.1 Å². The van der Waals surface area contributed by atoms with Crippen LogP contribution in [0.2, 0.25) is 0 Å². The fraction of sp³-hybridized carbons (Fsp3) is 0.286. The minimum Gasteiger partial charge on any atom is -0.339 e. The molecule has 1 fully saturated rings. The Morgan fingerprint density at radius 1 is 1.00 bits per heavy atom. The number of carbonyl (C=O) groups is 1. The van der Waals surface area contributed by atoms with Crippen molar-refractivity contribution in [1.82, 2.24) is 15.0 Å². The van der Waals surface area contributed by atoms with Gasteiger partial charge < -0.3 is 9.42 Å². The normalized spacial score (nSPS) is 14.4. The van der Waals surface area contributed by atoms with Crippen LogP contribution in [-0.4, -0.2) is 34.0 Å². The van der Waals surface area contributed by atoms with Crippen molar-refractivity contribution >= 4 is 5.91 Å². The molecule has 0 bridgehead atoms. The SMILES string of the molecule is Cc1cccc(-c2nc(-c3cccc(C(=O)N4CCCCC4)c3)no2)c1. The summed E-state index contributed by atoms with van der Waals surface area (Å²) in [4.78, 5) is 19.1. The summed E-state index contributed by atoms with van der Waals surface area (Å²) in [5.74, 6) is 1.06. The molecule has 1 aromatic heterocycles. The number of nitrogens with zero attached hydrogens (tertiary/aromatic N) is 3. The van der Waals surface area contributed by atoms with Gasteiger partial charge in [0.1, 0.15) is 0 Å². The highest BCUT2D eigenvalue weighted by molar-refractivity contribution is 5.95. The minimum atomic E-state index is 0.0777. The van der Waals surface area contributed by atoms with Crippen molar-refractivity contribution in [1.29, 1.82) is 0 Å². The van der Waals surface area contributed by atoms with Crippen molar-refractivity contribution in [2.45, 2.75) is 26.2 Å². The molecule has 5 heteroatoms. The van der Waals surface area contributed by atoms with Gasteiger partial charge in [0.2, 0.25) is 5.82 Å². The van der Waals surface area contributed by atoms with Crippen molar-refractivity contribution in [2.75, 3.05) is 13.1 Å². The first-order valence-electron chi connectivity index (χ1n) is 9.01. The second kappa shape index (κ2) is 7.12. The molecule has 0 spiro atoms. The Hall–Kier alpha value is -2.95. The third-order valence-corrected chi connectivity index (χ3v) is 4.70. The van der Waals surface area contributed by atoms with E-state index < -0.39 is 0 Å². The second-order valence-electron chi connectivity index (χ2n) is 6.73. The van der Waals surface area contributed by atoms with Gasteiger partial charge in [-0.25, -0.2) is 0 Å². The quantitative estimate of drug-likeness (QED) is 0.707. The molecule has 4 rings (SSSR count). The number of piperidine rings is 1. The van der Waals surface area contributed by atoms with E-state index in [0.717, 1.165) is 42.6 Å². The average Bonchev–Trinajstić information content (AvgIpc) is 3.19. The Morgan fingerprint density at radius 3 is 2.58 bits per heavy atom. The number of amides is 1. The van der Waals surface area contributed by atoms with Gasteiger partial charge in [0.15, 0.2) is 0 Å². The Labute approximate surface area is 152 Å². The lowest BCUT2D eigenvalue weighted by Gasteiger charge is -2.26. The minimum absolute atomic E-state index is 0.0777. The van der Waals surface area contributed by atoms with Crippen LogP contribution in [0.25, 0.3) is 22.8 Å². The summed E-state index contributed by atoms with van der Waals surface area (Å²) in [5.41, 5.74) is 3.49. The van der Waals surface area contributed by atoms with Crippen molar-refractivity contribution in [3.05, 3.63) is 59.7 Å². The topological polar surface area (TPSA) is 59.2 Å². The molecular formula is C21H21N3O2. The van der Waals surface area contributed by atoms with Crippen molar-refractivity contribution in [3.63, 3.8) is 0 Å². The van der Waals surface area contributed by atoms with Crippen LogP contribution in [0.5, 0.6) is 0 Å². The number of hydrogen-bond donors (Lipinski definition) is 0. The maximum atomic E-state index is 12.7. The standard InChI is InChI=1S/C21H21N3O2/c1-15-7-5-9-17(13-15)20-22-19(23-26-20)16-8-6-10-18(14-16)21(25)24-11-3-2-4-12-24/h5-10,13-14H,2-4,11-12H2,1H3. The predicted octanol–water partition coefficient (Wildman–Crippen LogP) is 4.34. The third-order valence-electron chi connectivity index (χ3n) is 4.70. The molecule has 1 aliphatic heterocycles. The van der Waals surface area contributed by atoms with Crippen molar-refractivity contribution in [3.8, 4) is 22.8 Å². The van der Waals surface area contributed by atoms with Gasteiger partial charge in [0, 0.05) is 29.8 Å². The van der Waals surface area contributed by atoms with Gasteiger partial charge in [-0.2, -0.15) is 4.98 Å². The number of aryl methyl sites for hydroxylation is 1. The van der Waals surface area contributed by atoms with E-state index in [-0.39, 0.29) is 5.91 Å². The number of carbonyl (C=O) groups excluding carboxylic acids is 1. The Morgan fingerprint density at radius 2 is 1.77 bits per heavy atom. The van der Waals surface area contributed by atoms with Crippen LogP contribution in [0, 0.1) is 6.92 Å². The van der Waals surface area contributed by atoms with Crippen LogP contribution in [0.15, 0.2) is 53.1 Å². The monoisotopic (exact) mass is 347 g/mol. The number of rotatable bonds is 3. The molecule has 1 amide bonds. The Kier molecular flexibility index (Phi) is 4.52. The summed E-state index contributed by atoms with van der Waals surface area (Å²) >= 11 is 0. The molecule has 132 valence electrons. The van der Waals surface area contributed by atoms with Crippen molar-refractivity contribution in [2.24, 2.45) is 0 Å². The lowest BCUT2D eigenvalue weighted by molar-refractivity contribution is 0.0724. The summed E-state index contributed by atoms with van der Waals surface area (Å²) in [6.45, 7) is 3.70. The summed E-state index contributed by atoms with van der Waals surface area (Å²) in [6, 6.07) is 15.4. The van der Waals surface area contributed by atoms with E-state index in [9.17, 15) is 4.79 Å². The van der Waals surface area contributed by atoms with E-state index in [1.807, 2.05) is 60.4 Å². The van der Waals surface area contributed by atoms with Crippen LogP contribution in [0.3, 0.4) is 0 Å². The van der Waals surface area contributed by atoms with E-state index in [4.69, 9.17) is 4.52 Å². The highest BCUT2D eigenvalue weighted by atomic mass is 16.5. The number of likely N-dealkylation sites (tertiary alicyclic amines) is 1. The highest BCUT2D eigenvalue weighted by Gasteiger charge is 2.19. The maximum Gasteiger partial charge on any atom is 0.258 e. The van der Waals surface area contributed by atoms with Gasteiger partial charge in [-0.15, -0.1) is 0 Å². The molecule has 1 saturated heterocycles. The first-order chi connectivity index (χ1) is 12.7. The number of benzene rings is 2. The molecule has 0 saturated carbocycles. The van der Waals surface area contributed by atoms with Crippen LogP contribution in [0.4, 0.5) is 0 Å². The molecule has 0 atom stereocenters. The molecule has 2 heterocycles. The largest absolute Gasteiger partial charge is 0.339 e. The first-order valence-corrected chi connectivity index (χ1v) is 9.01. The average molecular weight is 347 g/mol. The molecule has 0 unspecified atom stereocenters. The lowest BCUT2D eigenvalue weighted by Crippen LogP contribution is -2.35. The molecule has 1 aliphatic rings. The molecule has 26 heavy (non-hydrogen) atoms. The van der Waals surface area contributed by atoms with E-state index >= 15 is 0 Å². The van der Waals surface area contributed by atoms with Crippen LogP contribution in [-0.2, 0) is 0 Å². The van der Waals surface area contributed by atoms with Crippen LogP contribution < -0.4 is 0 Å². The van der Waals surface area contributed by atoms with Gasteiger partial charge in [0.25, 0.3) is 11.8 Å². The Balaban J connectivity index is 1.60. The summed E-state index contributed by atoms with van der Waals surface area (Å²) in [7, 11) is 0. The molecule has 2 aromatic carbocycles. The van der Waals surface area contributed by atoms with E-state index in [0.29, 0.717) is 17.3 Å². The van der Waals surface area contributed by atoms with Gasteiger partial charge in [-0.3, -0.25) is 4.79 Å². The molecule has 0 N–H and O–H groups in total. The zero-order valence-corrected chi connectivity index (χ0v) is 14.8. The second-order valence-corrected chi connectivity index (χ2v) is 6.73. The first kappa shape index (κ1) is 16.5. The van der Waals surface area contributed by atoms with Gasteiger partial charge >= 0.3 is 0 Å².